The number of ketones is 1. The molecule has 3 nitrogen and oxygen atoms in total. The van der Waals surface area contributed by atoms with Gasteiger partial charge >= 0.3 is 5.97 Å². The molecule has 8 atom stereocenters. The molecule has 4 rings (SSSR count). The molecule has 0 saturated heterocycles. The minimum absolute atomic E-state index is 0.0648. The SMILES string of the molecule is CC(=O)OC1CCC2C3CCC4CC(=O)C(Br)CC4C3(C)CCC12C. The van der Waals surface area contributed by atoms with Crippen molar-refractivity contribution in [3.63, 3.8) is 0 Å². The molecule has 0 radical (unpaired) electrons. The van der Waals surface area contributed by atoms with Gasteiger partial charge in [-0.1, -0.05) is 29.8 Å². The van der Waals surface area contributed by atoms with Gasteiger partial charge in [-0.3, -0.25) is 9.59 Å². The number of Topliss-reactive ketones (excluding diaryl/α,β-unsaturated/α-hetero) is 1. The van der Waals surface area contributed by atoms with Crippen LogP contribution in [0.2, 0.25) is 0 Å². The molecule has 4 saturated carbocycles. The van der Waals surface area contributed by atoms with Crippen LogP contribution in [0, 0.1) is 34.5 Å². The van der Waals surface area contributed by atoms with Crippen LogP contribution in [-0.2, 0) is 14.3 Å². The number of alkyl halides is 1. The van der Waals surface area contributed by atoms with Crippen molar-refractivity contribution in [3.8, 4) is 0 Å². The Morgan fingerprint density at radius 1 is 1.04 bits per heavy atom. The maximum atomic E-state index is 12.2. The first-order valence-electron chi connectivity index (χ1n) is 10.1. The quantitative estimate of drug-likeness (QED) is 0.455. The van der Waals surface area contributed by atoms with E-state index in [9.17, 15) is 9.59 Å². The number of hydrogen-bond donors (Lipinski definition) is 0. The van der Waals surface area contributed by atoms with E-state index in [0.29, 0.717) is 29.0 Å². The fourth-order valence-corrected chi connectivity index (χ4v) is 7.97. The van der Waals surface area contributed by atoms with E-state index in [1.165, 1.54) is 25.7 Å². The second-order valence-electron chi connectivity index (χ2n) is 9.72. The van der Waals surface area contributed by atoms with Crippen LogP contribution < -0.4 is 0 Å². The normalized spacial score (nSPS) is 52.1. The molecular formula is C21H31BrO3. The number of esters is 1. The average Bonchev–Trinajstić information content (AvgIpc) is 2.86. The number of carbonyl (C=O) groups excluding carboxylic acids is 2. The van der Waals surface area contributed by atoms with E-state index < -0.39 is 0 Å². The Bertz CT molecular complexity index is 590. The van der Waals surface area contributed by atoms with Gasteiger partial charge in [-0.25, -0.2) is 0 Å². The van der Waals surface area contributed by atoms with Crippen molar-refractivity contribution in [1.82, 2.24) is 0 Å². The third-order valence-electron chi connectivity index (χ3n) is 8.70. The molecule has 0 bridgehead atoms. The van der Waals surface area contributed by atoms with Crippen LogP contribution in [0.25, 0.3) is 0 Å². The maximum Gasteiger partial charge on any atom is 0.302 e. The fourth-order valence-electron chi connectivity index (χ4n) is 7.39. The summed E-state index contributed by atoms with van der Waals surface area (Å²) >= 11 is 3.65. The lowest BCUT2D eigenvalue weighted by molar-refractivity contribution is -0.165. The summed E-state index contributed by atoms with van der Waals surface area (Å²) in [5.41, 5.74) is 0.506. The first-order valence-corrected chi connectivity index (χ1v) is 11.0. The Labute approximate surface area is 159 Å². The fraction of sp³-hybridized carbons (Fsp3) is 0.905. The van der Waals surface area contributed by atoms with E-state index in [4.69, 9.17) is 4.74 Å². The van der Waals surface area contributed by atoms with Crippen molar-refractivity contribution in [2.24, 2.45) is 34.5 Å². The molecule has 4 heteroatoms. The number of halogens is 1. The third kappa shape index (κ3) is 2.64. The minimum atomic E-state index is -0.128. The standard InChI is InChI=1S/C21H31BrO3/c1-12(23)25-19-7-6-15-14-5-4-13-10-18(24)17(22)11-16(13)20(14,2)8-9-21(15,19)3/h13-17,19H,4-11H2,1-3H3. The lowest BCUT2D eigenvalue weighted by Gasteiger charge is -2.61. The highest BCUT2D eigenvalue weighted by molar-refractivity contribution is 9.10. The molecule has 4 aliphatic carbocycles. The van der Waals surface area contributed by atoms with Crippen molar-refractivity contribution >= 4 is 27.7 Å². The topological polar surface area (TPSA) is 43.4 Å². The molecule has 0 aliphatic heterocycles. The number of carbonyl (C=O) groups is 2. The Balaban J connectivity index is 1.60. The van der Waals surface area contributed by atoms with E-state index >= 15 is 0 Å². The summed E-state index contributed by atoms with van der Waals surface area (Å²) in [5.74, 6) is 2.95. The van der Waals surface area contributed by atoms with Crippen molar-refractivity contribution in [1.29, 1.82) is 0 Å². The first-order chi connectivity index (χ1) is 11.8. The van der Waals surface area contributed by atoms with E-state index in [1.54, 1.807) is 6.92 Å². The summed E-state index contributed by atoms with van der Waals surface area (Å²) in [6.07, 6.45) is 8.98. The molecule has 4 fully saturated rings. The van der Waals surface area contributed by atoms with Gasteiger partial charge in [-0.2, -0.15) is 0 Å². The van der Waals surface area contributed by atoms with Gasteiger partial charge in [-0.15, -0.1) is 0 Å². The Hall–Kier alpha value is -0.380. The van der Waals surface area contributed by atoms with Gasteiger partial charge in [0.15, 0.2) is 0 Å². The Morgan fingerprint density at radius 3 is 2.40 bits per heavy atom. The molecule has 0 spiro atoms. The molecule has 0 heterocycles. The largest absolute Gasteiger partial charge is 0.462 e. The zero-order valence-electron chi connectivity index (χ0n) is 15.7. The molecule has 8 unspecified atom stereocenters. The monoisotopic (exact) mass is 410 g/mol. The minimum Gasteiger partial charge on any atom is -0.462 e. The molecule has 0 aromatic heterocycles. The number of ether oxygens (including phenoxy) is 1. The first kappa shape index (κ1) is 18.0. The van der Waals surface area contributed by atoms with E-state index in [-0.39, 0.29) is 22.3 Å². The highest BCUT2D eigenvalue weighted by Crippen LogP contribution is 2.67. The zero-order chi connectivity index (χ0) is 18.0. The van der Waals surface area contributed by atoms with Crippen LogP contribution in [0.5, 0.6) is 0 Å². The van der Waals surface area contributed by atoms with E-state index in [2.05, 4.69) is 29.8 Å². The van der Waals surface area contributed by atoms with Gasteiger partial charge in [0.2, 0.25) is 0 Å². The van der Waals surface area contributed by atoms with Crippen molar-refractivity contribution in [3.05, 3.63) is 0 Å². The van der Waals surface area contributed by atoms with E-state index in [1.807, 2.05) is 0 Å². The molecule has 0 aromatic rings. The van der Waals surface area contributed by atoms with Crippen molar-refractivity contribution in [2.75, 3.05) is 0 Å². The predicted octanol–water partition coefficient (Wildman–Crippen LogP) is 4.90. The highest BCUT2D eigenvalue weighted by Gasteiger charge is 2.62. The lowest BCUT2D eigenvalue weighted by atomic mass is 9.44. The van der Waals surface area contributed by atoms with Gasteiger partial charge in [0.05, 0.1) is 4.83 Å². The molecular weight excluding hydrogens is 380 g/mol. The summed E-state index contributed by atoms with van der Waals surface area (Å²) in [4.78, 5) is 23.8. The zero-order valence-corrected chi connectivity index (χ0v) is 17.3. The third-order valence-corrected chi connectivity index (χ3v) is 9.59. The van der Waals surface area contributed by atoms with Gasteiger partial charge in [0.1, 0.15) is 11.9 Å². The maximum absolute atomic E-state index is 12.2. The predicted molar refractivity (Wildman–Crippen MR) is 100 cm³/mol. The second-order valence-corrected chi connectivity index (χ2v) is 10.8. The van der Waals surface area contributed by atoms with Gasteiger partial charge in [-0.05, 0) is 74.0 Å². The Kier molecular flexibility index (Phi) is 4.37. The summed E-state index contributed by atoms with van der Waals surface area (Å²) < 4.78 is 5.74. The van der Waals surface area contributed by atoms with Crippen LogP contribution in [0.15, 0.2) is 0 Å². The summed E-state index contributed by atoms with van der Waals surface area (Å²) in [6, 6.07) is 0. The van der Waals surface area contributed by atoms with Crippen LogP contribution in [-0.4, -0.2) is 22.7 Å². The molecule has 4 aliphatic rings. The van der Waals surface area contributed by atoms with Crippen LogP contribution in [0.1, 0.15) is 72.1 Å². The molecule has 25 heavy (non-hydrogen) atoms. The molecule has 0 N–H and O–H groups in total. The Morgan fingerprint density at radius 2 is 1.68 bits per heavy atom. The van der Waals surface area contributed by atoms with Crippen molar-refractivity contribution in [2.45, 2.75) is 83.1 Å². The number of hydrogen-bond acceptors (Lipinski definition) is 3. The second kappa shape index (κ2) is 6.07. The average molecular weight is 411 g/mol. The summed E-state index contributed by atoms with van der Waals surface area (Å²) in [5, 5.41) is 0. The number of rotatable bonds is 1. The summed E-state index contributed by atoms with van der Waals surface area (Å²) in [6.45, 7) is 6.44. The van der Waals surface area contributed by atoms with Crippen molar-refractivity contribution < 1.29 is 14.3 Å². The molecule has 140 valence electrons. The van der Waals surface area contributed by atoms with Crippen LogP contribution in [0.3, 0.4) is 0 Å². The number of fused-ring (bicyclic) bond motifs is 5. The molecule has 0 amide bonds. The smallest absolute Gasteiger partial charge is 0.302 e. The van der Waals surface area contributed by atoms with Gasteiger partial charge in [0.25, 0.3) is 0 Å². The van der Waals surface area contributed by atoms with Gasteiger partial charge < -0.3 is 4.74 Å². The van der Waals surface area contributed by atoms with Crippen LogP contribution in [0.4, 0.5) is 0 Å². The highest BCUT2D eigenvalue weighted by atomic mass is 79.9. The molecule has 0 aromatic carbocycles. The van der Waals surface area contributed by atoms with Crippen LogP contribution >= 0.6 is 15.9 Å². The lowest BCUT2D eigenvalue weighted by Crippen LogP contribution is -2.56. The summed E-state index contributed by atoms with van der Waals surface area (Å²) in [7, 11) is 0. The van der Waals surface area contributed by atoms with E-state index in [0.717, 1.165) is 31.6 Å². The van der Waals surface area contributed by atoms with Gasteiger partial charge in [0, 0.05) is 18.8 Å².